The number of rotatable bonds is 3. The van der Waals surface area contributed by atoms with Crippen LogP contribution in [0.2, 0.25) is 10.0 Å². The molecular formula is C19H18Cl2N4O2. The van der Waals surface area contributed by atoms with Crippen LogP contribution in [0.3, 0.4) is 0 Å². The zero-order chi connectivity index (χ0) is 18.9. The Morgan fingerprint density at radius 2 is 1.85 bits per heavy atom. The van der Waals surface area contributed by atoms with Gasteiger partial charge in [-0.05, 0) is 41.5 Å². The van der Waals surface area contributed by atoms with E-state index >= 15 is 0 Å². The fraction of sp³-hybridized carbons (Fsp3) is 0.421. The molecule has 2 saturated heterocycles. The lowest BCUT2D eigenvalue weighted by atomic mass is 9.75. The van der Waals surface area contributed by atoms with Crippen LogP contribution >= 0.6 is 23.2 Å². The summed E-state index contributed by atoms with van der Waals surface area (Å²) in [7, 11) is 0. The van der Waals surface area contributed by atoms with Crippen LogP contribution in [0, 0.1) is 23.7 Å². The molecule has 1 saturated carbocycles. The molecule has 3 N–H and O–H groups in total. The Kier molecular flexibility index (Phi) is 3.86. The molecule has 140 valence electrons. The summed E-state index contributed by atoms with van der Waals surface area (Å²) in [5, 5.41) is 3.82. The molecule has 2 aromatic rings. The standard InChI is InChI=1S/C19H18Cl2N4O2/c1-7-12-13(7)17-15(18(26)25-9-2-3-10(20)11(21)4-9)14(16(12)27-17)8-5-23-19(22)24-6-8/h2-7,12-17H,1H3,(H,25,26)(H2,22,23,24)/t7?,12?,13?,14-,15-,16+,17-/m1/s1. The van der Waals surface area contributed by atoms with Crippen molar-refractivity contribution in [1.82, 2.24) is 9.97 Å². The number of nitrogens with zero attached hydrogens (tertiary/aromatic N) is 2. The van der Waals surface area contributed by atoms with E-state index in [1.165, 1.54) is 0 Å². The van der Waals surface area contributed by atoms with Crippen LogP contribution in [0.4, 0.5) is 11.6 Å². The number of aromatic nitrogens is 2. The molecule has 3 fully saturated rings. The largest absolute Gasteiger partial charge is 0.373 e. The third-order valence-corrected chi connectivity index (χ3v) is 6.99. The Morgan fingerprint density at radius 3 is 2.56 bits per heavy atom. The van der Waals surface area contributed by atoms with Gasteiger partial charge in [0, 0.05) is 24.0 Å². The quantitative estimate of drug-likeness (QED) is 0.817. The number of hydrogen-bond acceptors (Lipinski definition) is 5. The van der Waals surface area contributed by atoms with Crippen LogP contribution < -0.4 is 11.1 Å². The number of ether oxygens (including phenoxy) is 1. The second-order valence-corrected chi connectivity index (χ2v) is 8.44. The van der Waals surface area contributed by atoms with Gasteiger partial charge in [-0.2, -0.15) is 0 Å². The van der Waals surface area contributed by atoms with Crippen molar-refractivity contribution >= 4 is 40.7 Å². The first kappa shape index (κ1) is 17.2. The van der Waals surface area contributed by atoms with Gasteiger partial charge in [0.2, 0.25) is 11.9 Å². The molecule has 1 aromatic heterocycles. The van der Waals surface area contributed by atoms with Gasteiger partial charge in [0.05, 0.1) is 28.2 Å². The topological polar surface area (TPSA) is 90.1 Å². The van der Waals surface area contributed by atoms with Crippen molar-refractivity contribution in [3.8, 4) is 0 Å². The van der Waals surface area contributed by atoms with Crippen molar-refractivity contribution in [2.75, 3.05) is 11.1 Å². The van der Waals surface area contributed by atoms with E-state index in [9.17, 15) is 4.79 Å². The van der Waals surface area contributed by atoms with Crippen LogP contribution in [0.25, 0.3) is 0 Å². The zero-order valence-corrected chi connectivity index (χ0v) is 16.0. The predicted octanol–water partition coefficient (Wildman–Crippen LogP) is 3.37. The highest BCUT2D eigenvalue weighted by atomic mass is 35.5. The Labute approximate surface area is 166 Å². The first-order valence-corrected chi connectivity index (χ1v) is 9.70. The molecule has 1 aliphatic carbocycles. The van der Waals surface area contributed by atoms with Gasteiger partial charge in [-0.15, -0.1) is 0 Å². The summed E-state index contributed by atoms with van der Waals surface area (Å²) >= 11 is 12.0. The number of hydrogen-bond donors (Lipinski definition) is 2. The van der Waals surface area contributed by atoms with E-state index in [1.54, 1.807) is 30.6 Å². The number of benzene rings is 1. The molecule has 2 aliphatic heterocycles. The number of nitrogen functional groups attached to an aromatic ring is 1. The van der Waals surface area contributed by atoms with E-state index in [-0.39, 0.29) is 35.9 Å². The van der Waals surface area contributed by atoms with Crippen molar-refractivity contribution < 1.29 is 9.53 Å². The van der Waals surface area contributed by atoms with Gasteiger partial charge in [0.1, 0.15) is 0 Å². The summed E-state index contributed by atoms with van der Waals surface area (Å²) in [5.74, 6) is 1.29. The average Bonchev–Trinajstić information content (AvgIpc) is 3.01. The molecule has 1 aromatic carbocycles. The highest BCUT2D eigenvalue weighted by molar-refractivity contribution is 6.42. The van der Waals surface area contributed by atoms with Crippen LogP contribution in [0.5, 0.6) is 0 Å². The molecule has 2 bridgehead atoms. The van der Waals surface area contributed by atoms with Crippen molar-refractivity contribution in [3.63, 3.8) is 0 Å². The Morgan fingerprint density at radius 1 is 1.15 bits per heavy atom. The number of anilines is 2. The van der Waals surface area contributed by atoms with Gasteiger partial charge < -0.3 is 15.8 Å². The number of halogens is 2. The average molecular weight is 405 g/mol. The lowest BCUT2D eigenvalue weighted by Gasteiger charge is -2.26. The molecular weight excluding hydrogens is 387 g/mol. The maximum Gasteiger partial charge on any atom is 0.230 e. The number of amides is 1. The van der Waals surface area contributed by atoms with E-state index in [4.69, 9.17) is 33.7 Å². The highest BCUT2D eigenvalue weighted by Crippen LogP contribution is 2.68. The molecule has 8 heteroatoms. The third-order valence-electron chi connectivity index (χ3n) is 6.25. The Hall–Kier alpha value is -1.89. The summed E-state index contributed by atoms with van der Waals surface area (Å²) in [4.78, 5) is 21.4. The van der Waals surface area contributed by atoms with Gasteiger partial charge in [-0.25, -0.2) is 9.97 Å². The van der Waals surface area contributed by atoms with Crippen LogP contribution in [0.1, 0.15) is 18.4 Å². The maximum absolute atomic E-state index is 13.2. The number of fused-ring (bicyclic) bond motifs is 5. The first-order chi connectivity index (χ1) is 13.0. The van der Waals surface area contributed by atoms with Crippen molar-refractivity contribution in [3.05, 3.63) is 46.2 Å². The lowest BCUT2D eigenvalue weighted by molar-refractivity contribution is -0.122. The molecule has 3 unspecified atom stereocenters. The summed E-state index contributed by atoms with van der Waals surface area (Å²) in [6.45, 7) is 2.23. The molecule has 27 heavy (non-hydrogen) atoms. The van der Waals surface area contributed by atoms with E-state index < -0.39 is 0 Å². The summed E-state index contributed by atoms with van der Waals surface area (Å²) in [6, 6.07) is 5.06. The molecule has 3 aliphatic rings. The minimum atomic E-state index is -0.303. The number of carbonyl (C=O) groups is 1. The van der Waals surface area contributed by atoms with Gasteiger partial charge in [-0.3, -0.25) is 4.79 Å². The van der Waals surface area contributed by atoms with E-state index in [0.29, 0.717) is 33.5 Å². The monoisotopic (exact) mass is 404 g/mol. The fourth-order valence-electron chi connectivity index (χ4n) is 5.01. The molecule has 0 spiro atoms. The van der Waals surface area contributed by atoms with Crippen molar-refractivity contribution in [2.24, 2.45) is 23.7 Å². The molecule has 3 heterocycles. The minimum Gasteiger partial charge on any atom is -0.373 e. The summed E-state index contributed by atoms with van der Waals surface area (Å²) < 4.78 is 6.22. The number of nitrogens with one attached hydrogen (secondary N) is 1. The van der Waals surface area contributed by atoms with E-state index in [1.807, 2.05) is 0 Å². The summed E-state index contributed by atoms with van der Waals surface area (Å²) in [5.41, 5.74) is 7.13. The van der Waals surface area contributed by atoms with Gasteiger partial charge in [0.15, 0.2) is 0 Å². The van der Waals surface area contributed by atoms with Crippen molar-refractivity contribution in [2.45, 2.75) is 25.0 Å². The molecule has 7 atom stereocenters. The fourth-order valence-corrected chi connectivity index (χ4v) is 5.31. The van der Waals surface area contributed by atoms with E-state index in [0.717, 1.165) is 5.56 Å². The first-order valence-electron chi connectivity index (χ1n) is 8.94. The van der Waals surface area contributed by atoms with Gasteiger partial charge in [-0.1, -0.05) is 30.1 Å². The highest BCUT2D eigenvalue weighted by Gasteiger charge is 2.72. The predicted molar refractivity (Wildman–Crippen MR) is 103 cm³/mol. The molecule has 0 radical (unpaired) electrons. The molecule has 1 amide bonds. The molecule has 5 rings (SSSR count). The Bertz CT molecular complexity index is 922. The normalized spacial score (nSPS) is 35.7. The smallest absolute Gasteiger partial charge is 0.230 e. The minimum absolute atomic E-state index is 0.0202. The molecule has 6 nitrogen and oxygen atoms in total. The SMILES string of the molecule is CC1C2C1[C@@H]1O[C@H]2[C@H](C(=O)Nc2ccc(Cl)c(Cl)c2)[C@H]1c1cnc(N)nc1. The number of nitrogens with two attached hydrogens (primary N) is 1. The zero-order valence-electron chi connectivity index (χ0n) is 14.5. The number of carbonyl (C=O) groups excluding carboxylic acids is 1. The summed E-state index contributed by atoms with van der Waals surface area (Å²) in [6.07, 6.45) is 3.35. The second kappa shape index (κ2) is 6.06. The van der Waals surface area contributed by atoms with E-state index in [2.05, 4.69) is 22.2 Å². The third kappa shape index (κ3) is 2.62. The van der Waals surface area contributed by atoms with Crippen LogP contribution in [0.15, 0.2) is 30.6 Å². The van der Waals surface area contributed by atoms with Crippen LogP contribution in [-0.4, -0.2) is 28.1 Å². The maximum atomic E-state index is 13.2. The Balaban J connectivity index is 1.45. The van der Waals surface area contributed by atoms with Gasteiger partial charge >= 0.3 is 0 Å². The van der Waals surface area contributed by atoms with Gasteiger partial charge in [0.25, 0.3) is 0 Å². The van der Waals surface area contributed by atoms with Crippen molar-refractivity contribution in [1.29, 1.82) is 0 Å². The van der Waals surface area contributed by atoms with Crippen LogP contribution in [-0.2, 0) is 9.53 Å². The lowest BCUT2D eigenvalue weighted by Crippen LogP contribution is -2.37. The second-order valence-electron chi connectivity index (χ2n) is 7.62.